The first-order chi connectivity index (χ1) is 22.2. The van der Waals surface area contributed by atoms with Crippen molar-refractivity contribution in [1.82, 2.24) is 5.32 Å². The van der Waals surface area contributed by atoms with E-state index in [2.05, 4.69) is 19.2 Å². The Hall–Kier alpha value is -0.960. The largest absolute Gasteiger partial charge is 0.387 e. The van der Waals surface area contributed by atoms with Crippen molar-refractivity contribution in [2.24, 2.45) is 0 Å². The van der Waals surface area contributed by atoms with Gasteiger partial charge in [0.05, 0.1) is 17.9 Å². The number of rotatable bonds is 35. The van der Waals surface area contributed by atoms with E-state index in [1.54, 1.807) is 6.08 Å². The Morgan fingerprint density at radius 1 is 0.587 bits per heavy atom. The Kier molecular flexibility index (Phi) is 31.9. The molecular formula is C38H75NO6S. The maximum Gasteiger partial charge on any atom is 0.267 e. The predicted molar refractivity (Wildman–Crippen MR) is 195 cm³/mol. The third-order valence-electron chi connectivity index (χ3n) is 9.07. The van der Waals surface area contributed by atoms with E-state index in [1.165, 1.54) is 141 Å². The van der Waals surface area contributed by atoms with Crippen molar-refractivity contribution in [2.45, 2.75) is 218 Å². The van der Waals surface area contributed by atoms with Gasteiger partial charge >= 0.3 is 0 Å². The quantitative estimate of drug-likeness (QED) is 0.0302. The molecule has 7 nitrogen and oxygen atoms in total. The Morgan fingerprint density at radius 2 is 0.935 bits per heavy atom. The molecule has 46 heavy (non-hydrogen) atoms. The highest BCUT2D eigenvalue weighted by atomic mass is 32.2. The van der Waals surface area contributed by atoms with Crippen LogP contribution < -0.4 is 5.32 Å². The van der Waals surface area contributed by atoms with Crippen LogP contribution in [0.2, 0.25) is 0 Å². The van der Waals surface area contributed by atoms with E-state index in [9.17, 15) is 28.0 Å². The topological polar surface area (TPSA) is 124 Å². The van der Waals surface area contributed by atoms with Crippen molar-refractivity contribution >= 4 is 16.0 Å². The normalized spacial score (nSPS) is 14.1. The zero-order chi connectivity index (χ0) is 34.1. The molecule has 274 valence electrons. The van der Waals surface area contributed by atoms with E-state index in [4.69, 9.17) is 0 Å². The Labute approximate surface area is 284 Å². The summed E-state index contributed by atoms with van der Waals surface area (Å²) < 4.78 is 32.4. The molecule has 0 bridgehead atoms. The molecule has 0 radical (unpaired) electrons. The van der Waals surface area contributed by atoms with E-state index in [0.29, 0.717) is 6.42 Å². The maximum atomic E-state index is 12.5. The van der Waals surface area contributed by atoms with Gasteiger partial charge in [-0.15, -0.1) is 0 Å². The summed E-state index contributed by atoms with van der Waals surface area (Å²) in [5.74, 6) is -1.53. The van der Waals surface area contributed by atoms with Gasteiger partial charge in [0.1, 0.15) is 6.10 Å². The number of unbranched alkanes of at least 4 members (excludes halogenated alkanes) is 26. The molecule has 3 atom stereocenters. The lowest BCUT2D eigenvalue weighted by molar-refractivity contribution is -0.130. The van der Waals surface area contributed by atoms with Crippen LogP contribution in [0.4, 0.5) is 0 Å². The van der Waals surface area contributed by atoms with Gasteiger partial charge in [-0.05, 0) is 19.3 Å². The van der Waals surface area contributed by atoms with E-state index in [1.807, 2.05) is 0 Å². The first kappa shape index (κ1) is 45.0. The first-order valence-corrected chi connectivity index (χ1v) is 21.1. The minimum atomic E-state index is -4.43. The second kappa shape index (κ2) is 32.6. The van der Waals surface area contributed by atoms with Crippen LogP contribution >= 0.6 is 0 Å². The van der Waals surface area contributed by atoms with Crippen LogP contribution in [-0.2, 0) is 14.9 Å². The average Bonchev–Trinajstić information content (AvgIpc) is 3.01. The molecule has 4 N–H and O–H groups in total. The monoisotopic (exact) mass is 674 g/mol. The van der Waals surface area contributed by atoms with E-state index >= 15 is 0 Å². The van der Waals surface area contributed by atoms with Crippen molar-refractivity contribution < 1.29 is 28.0 Å². The lowest BCUT2D eigenvalue weighted by Crippen LogP contribution is -2.50. The van der Waals surface area contributed by atoms with Gasteiger partial charge in [0.15, 0.2) is 0 Å². The molecule has 1 amide bonds. The highest BCUT2D eigenvalue weighted by molar-refractivity contribution is 7.85. The van der Waals surface area contributed by atoms with E-state index in [0.717, 1.165) is 38.5 Å². The minimum absolute atomic E-state index is 0.285. The molecule has 0 rings (SSSR count). The lowest BCUT2D eigenvalue weighted by Gasteiger charge is -2.22. The molecule has 0 aromatic rings. The number of hydrogen-bond donors (Lipinski definition) is 4. The Bertz CT molecular complexity index is 803. The number of aliphatic hydroxyl groups is 2. The number of carbonyl (C=O) groups is 1. The second-order valence-electron chi connectivity index (χ2n) is 13.7. The second-order valence-corrected chi connectivity index (χ2v) is 15.2. The third kappa shape index (κ3) is 31.6. The number of carbonyl (C=O) groups excluding carboxylic acids is 1. The molecule has 0 aliphatic rings. The number of amides is 1. The summed E-state index contributed by atoms with van der Waals surface area (Å²) in [6, 6.07) is -1.23. The number of nitrogens with one attached hydrogen (secondary N) is 1. The average molecular weight is 674 g/mol. The van der Waals surface area contributed by atoms with Gasteiger partial charge < -0.3 is 15.5 Å². The van der Waals surface area contributed by atoms with Crippen molar-refractivity contribution in [3.05, 3.63) is 12.2 Å². The summed E-state index contributed by atoms with van der Waals surface area (Å²) in [5.41, 5.74) is 0. The van der Waals surface area contributed by atoms with Crippen LogP contribution in [0.15, 0.2) is 12.2 Å². The van der Waals surface area contributed by atoms with Crippen LogP contribution in [0.25, 0.3) is 0 Å². The summed E-state index contributed by atoms with van der Waals surface area (Å²) in [6.45, 7) is 4.49. The highest BCUT2D eigenvalue weighted by Gasteiger charge is 2.27. The summed E-state index contributed by atoms with van der Waals surface area (Å²) in [6.07, 6.45) is 35.5. The highest BCUT2D eigenvalue weighted by Crippen LogP contribution is 2.15. The van der Waals surface area contributed by atoms with Crippen LogP contribution in [0, 0.1) is 0 Å². The predicted octanol–water partition coefficient (Wildman–Crippen LogP) is 9.99. The molecular weight excluding hydrogens is 598 g/mol. The fourth-order valence-corrected chi connectivity index (χ4v) is 6.78. The third-order valence-corrected chi connectivity index (χ3v) is 9.85. The molecule has 0 aromatic carbocycles. The van der Waals surface area contributed by atoms with Crippen molar-refractivity contribution in [2.75, 3.05) is 5.75 Å². The molecule has 3 unspecified atom stereocenters. The number of hydrogen-bond acceptors (Lipinski definition) is 5. The summed E-state index contributed by atoms with van der Waals surface area (Å²) in [5, 5.41) is 23.3. The molecule has 0 aliphatic carbocycles. The van der Waals surface area contributed by atoms with Crippen molar-refractivity contribution in [3.8, 4) is 0 Å². The van der Waals surface area contributed by atoms with Crippen molar-refractivity contribution in [1.29, 1.82) is 0 Å². The summed E-state index contributed by atoms with van der Waals surface area (Å²) in [7, 11) is -4.43. The molecule has 0 spiro atoms. The zero-order valence-corrected chi connectivity index (χ0v) is 30.9. The molecule has 0 saturated carbocycles. The summed E-state index contributed by atoms with van der Waals surface area (Å²) in [4.78, 5) is 12.5. The van der Waals surface area contributed by atoms with Gasteiger partial charge in [0, 0.05) is 0 Å². The molecule has 0 saturated heterocycles. The van der Waals surface area contributed by atoms with E-state index in [-0.39, 0.29) is 6.42 Å². The lowest BCUT2D eigenvalue weighted by atomic mass is 10.0. The maximum absolute atomic E-state index is 12.5. The summed E-state index contributed by atoms with van der Waals surface area (Å²) >= 11 is 0. The van der Waals surface area contributed by atoms with Crippen LogP contribution in [0.1, 0.15) is 200 Å². The van der Waals surface area contributed by atoms with Gasteiger partial charge in [0.2, 0.25) is 5.91 Å². The number of allylic oxidation sites excluding steroid dienone is 1. The zero-order valence-electron chi connectivity index (χ0n) is 30.1. The van der Waals surface area contributed by atoms with Gasteiger partial charge in [-0.1, -0.05) is 193 Å². The molecule has 0 heterocycles. The Morgan fingerprint density at radius 3 is 1.30 bits per heavy atom. The van der Waals surface area contributed by atoms with Gasteiger partial charge in [0.25, 0.3) is 10.1 Å². The molecule has 0 fully saturated rings. The van der Waals surface area contributed by atoms with Crippen LogP contribution in [-0.4, -0.2) is 53.1 Å². The first-order valence-electron chi connectivity index (χ1n) is 19.5. The van der Waals surface area contributed by atoms with Crippen molar-refractivity contribution in [3.63, 3.8) is 0 Å². The molecule has 0 aromatic heterocycles. The smallest absolute Gasteiger partial charge is 0.267 e. The van der Waals surface area contributed by atoms with Gasteiger partial charge in [-0.2, -0.15) is 8.42 Å². The van der Waals surface area contributed by atoms with Gasteiger partial charge in [-0.25, -0.2) is 0 Å². The number of aliphatic hydroxyl groups excluding tert-OH is 2. The SMILES string of the molecule is CCCCCCCCCCCCCCCCC/C=C/C(O)C(CS(=O)(=O)O)NC(=O)C(O)CCCCCCCCCCCCCC. The standard InChI is InChI=1S/C38H75NO6S/c1-3-5-7-9-11-13-15-17-18-19-20-21-23-24-26-28-30-32-36(40)35(34-46(43,44)45)39-38(42)37(41)33-31-29-27-25-22-16-14-12-10-8-6-4-2/h30,32,35-37,40-41H,3-29,31,33-34H2,1-2H3,(H,39,42)(H,43,44,45)/b32-30+. The van der Waals surface area contributed by atoms with E-state index < -0.39 is 40.0 Å². The molecule has 8 heteroatoms. The van der Waals surface area contributed by atoms with Crippen LogP contribution in [0.3, 0.4) is 0 Å². The molecule has 0 aliphatic heterocycles. The fourth-order valence-electron chi connectivity index (χ4n) is 6.04. The van der Waals surface area contributed by atoms with Gasteiger partial charge in [-0.3, -0.25) is 9.35 Å². The minimum Gasteiger partial charge on any atom is -0.387 e. The van der Waals surface area contributed by atoms with Crippen LogP contribution in [0.5, 0.6) is 0 Å². The fraction of sp³-hybridized carbons (Fsp3) is 0.921. The Balaban J connectivity index is 4.06.